The van der Waals surface area contributed by atoms with Crippen LogP contribution in [0.5, 0.6) is 0 Å². The molecule has 2 aromatic heterocycles. The van der Waals surface area contributed by atoms with E-state index in [1.807, 2.05) is 12.1 Å². The van der Waals surface area contributed by atoms with Crippen LogP contribution < -0.4 is 0 Å². The molecular formula is C12H13ClOS2. The summed E-state index contributed by atoms with van der Waals surface area (Å²) < 4.78 is 0.731. The average molecular weight is 273 g/mol. The van der Waals surface area contributed by atoms with Gasteiger partial charge in [0.1, 0.15) is 0 Å². The first-order valence-electron chi connectivity index (χ1n) is 5.20. The zero-order chi connectivity index (χ0) is 11.5. The highest BCUT2D eigenvalue weighted by molar-refractivity contribution is 7.16. The summed E-state index contributed by atoms with van der Waals surface area (Å²) in [6.07, 6.45) is 1.31. The van der Waals surface area contributed by atoms with Crippen LogP contribution in [0.1, 0.15) is 27.7 Å². The zero-order valence-electron chi connectivity index (χ0n) is 8.94. The lowest BCUT2D eigenvalue weighted by Crippen LogP contribution is -1.97. The van der Waals surface area contributed by atoms with Crippen LogP contribution in [0.4, 0.5) is 0 Å². The van der Waals surface area contributed by atoms with Crippen LogP contribution in [0.3, 0.4) is 0 Å². The number of aliphatic hydroxyl groups is 1. The first-order valence-corrected chi connectivity index (χ1v) is 7.21. The van der Waals surface area contributed by atoms with Crippen molar-refractivity contribution in [1.82, 2.24) is 0 Å². The second-order valence-electron chi connectivity index (χ2n) is 3.58. The maximum absolute atomic E-state index is 10.0. The first-order chi connectivity index (χ1) is 7.69. The smallest absolute Gasteiger partial charge is 0.0932 e. The molecule has 86 valence electrons. The van der Waals surface area contributed by atoms with Gasteiger partial charge >= 0.3 is 0 Å². The van der Waals surface area contributed by atoms with Gasteiger partial charge in [0.2, 0.25) is 0 Å². The van der Waals surface area contributed by atoms with Crippen LogP contribution in [0.25, 0.3) is 0 Å². The molecule has 0 bridgehead atoms. The van der Waals surface area contributed by atoms with Crippen molar-refractivity contribution in [1.29, 1.82) is 0 Å². The number of halogens is 1. The molecule has 0 spiro atoms. The monoisotopic (exact) mass is 272 g/mol. The maximum Gasteiger partial charge on any atom is 0.0932 e. The maximum atomic E-state index is 10.0. The second-order valence-corrected chi connectivity index (χ2v) is 6.58. The minimum Gasteiger partial charge on any atom is -0.387 e. The first kappa shape index (κ1) is 12.1. The highest BCUT2D eigenvalue weighted by Gasteiger charge is 2.12. The summed E-state index contributed by atoms with van der Waals surface area (Å²) in [5, 5.41) is 10.0. The normalized spacial score (nSPS) is 12.9. The van der Waals surface area contributed by atoms with Crippen molar-refractivity contribution in [2.24, 2.45) is 0 Å². The Morgan fingerprint density at radius 2 is 1.94 bits per heavy atom. The largest absolute Gasteiger partial charge is 0.387 e. The summed E-state index contributed by atoms with van der Waals surface area (Å²) >= 11 is 9.07. The van der Waals surface area contributed by atoms with E-state index in [0.717, 1.165) is 15.6 Å². The van der Waals surface area contributed by atoms with E-state index in [1.54, 1.807) is 11.3 Å². The van der Waals surface area contributed by atoms with Gasteiger partial charge in [-0.25, -0.2) is 0 Å². The summed E-state index contributed by atoms with van der Waals surface area (Å²) in [4.78, 5) is 3.54. The number of aryl methyl sites for hydroxylation is 1. The average Bonchev–Trinajstić information content (AvgIpc) is 2.87. The molecule has 1 atom stereocenters. The van der Waals surface area contributed by atoms with Crippen molar-refractivity contribution in [3.8, 4) is 0 Å². The van der Waals surface area contributed by atoms with E-state index in [2.05, 4.69) is 19.1 Å². The van der Waals surface area contributed by atoms with E-state index >= 15 is 0 Å². The topological polar surface area (TPSA) is 20.2 Å². The van der Waals surface area contributed by atoms with E-state index in [4.69, 9.17) is 11.6 Å². The lowest BCUT2D eigenvalue weighted by atomic mass is 10.2. The van der Waals surface area contributed by atoms with Gasteiger partial charge in [-0.05, 0) is 30.7 Å². The molecule has 0 fully saturated rings. The Kier molecular flexibility index (Phi) is 4.03. The highest BCUT2D eigenvalue weighted by Crippen LogP contribution is 2.30. The Morgan fingerprint density at radius 3 is 2.50 bits per heavy atom. The third-order valence-corrected chi connectivity index (χ3v) is 4.97. The Hall–Kier alpha value is -0.350. The fraction of sp³-hybridized carbons (Fsp3) is 0.333. The van der Waals surface area contributed by atoms with E-state index in [9.17, 15) is 5.11 Å². The van der Waals surface area contributed by atoms with Crippen LogP contribution in [0.2, 0.25) is 4.34 Å². The van der Waals surface area contributed by atoms with Gasteiger partial charge in [-0.1, -0.05) is 18.5 Å². The standard InChI is InChI=1S/C12H13ClOS2/c1-2-8-3-4-9(15-8)7-10(14)11-5-6-12(13)16-11/h3-6,10,14H,2,7H2,1H3. The third-order valence-electron chi connectivity index (χ3n) is 2.38. The minimum atomic E-state index is -0.430. The lowest BCUT2D eigenvalue weighted by Gasteiger charge is -2.05. The molecule has 0 aromatic carbocycles. The summed E-state index contributed by atoms with van der Waals surface area (Å²) in [5.41, 5.74) is 0. The zero-order valence-corrected chi connectivity index (χ0v) is 11.3. The van der Waals surface area contributed by atoms with Crippen LogP contribution in [-0.4, -0.2) is 5.11 Å². The van der Waals surface area contributed by atoms with Crippen molar-refractivity contribution in [2.75, 3.05) is 0 Å². The molecule has 1 nitrogen and oxygen atoms in total. The van der Waals surface area contributed by atoms with Gasteiger partial charge in [-0.3, -0.25) is 0 Å². The molecule has 2 rings (SSSR count). The lowest BCUT2D eigenvalue weighted by molar-refractivity contribution is 0.183. The predicted molar refractivity (Wildman–Crippen MR) is 71.7 cm³/mol. The second kappa shape index (κ2) is 5.32. The highest BCUT2D eigenvalue weighted by atomic mass is 35.5. The van der Waals surface area contributed by atoms with Gasteiger partial charge in [0.25, 0.3) is 0 Å². The van der Waals surface area contributed by atoms with Crippen LogP contribution in [0, 0.1) is 0 Å². The fourth-order valence-corrected chi connectivity index (χ4v) is 3.56. The molecule has 0 aliphatic rings. The summed E-state index contributed by atoms with van der Waals surface area (Å²) in [6, 6.07) is 7.96. The van der Waals surface area contributed by atoms with Crippen molar-refractivity contribution in [3.63, 3.8) is 0 Å². The van der Waals surface area contributed by atoms with E-state index in [-0.39, 0.29) is 0 Å². The van der Waals surface area contributed by atoms with Crippen molar-refractivity contribution in [2.45, 2.75) is 25.9 Å². The van der Waals surface area contributed by atoms with Crippen LogP contribution >= 0.6 is 34.3 Å². The van der Waals surface area contributed by atoms with Gasteiger partial charge in [-0.15, -0.1) is 22.7 Å². The summed E-state index contributed by atoms with van der Waals surface area (Å²) in [6.45, 7) is 2.14. The minimum absolute atomic E-state index is 0.430. The number of aliphatic hydroxyl groups excluding tert-OH is 1. The molecule has 4 heteroatoms. The predicted octanol–water partition coefficient (Wildman–Crippen LogP) is 4.30. The molecule has 1 N–H and O–H groups in total. The van der Waals surface area contributed by atoms with E-state index in [0.29, 0.717) is 6.42 Å². The molecule has 1 unspecified atom stereocenters. The van der Waals surface area contributed by atoms with Crippen molar-refractivity contribution in [3.05, 3.63) is 43.2 Å². The van der Waals surface area contributed by atoms with Crippen LogP contribution in [0.15, 0.2) is 24.3 Å². The van der Waals surface area contributed by atoms with Gasteiger partial charge in [0.15, 0.2) is 0 Å². The Bertz CT molecular complexity index is 461. The van der Waals surface area contributed by atoms with Gasteiger partial charge in [0, 0.05) is 21.1 Å². The molecular weight excluding hydrogens is 260 g/mol. The van der Waals surface area contributed by atoms with Gasteiger partial charge in [-0.2, -0.15) is 0 Å². The molecule has 0 aliphatic heterocycles. The third kappa shape index (κ3) is 2.86. The van der Waals surface area contributed by atoms with E-state index < -0.39 is 6.10 Å². The van der Waals surface area contributed by atoms with E-state index in [1.165, 1.54) is 21.1 Å². The Morgan fingerprint density at radius 1 is 1.19 bits per heavy atom. The number of rotatable bonds is 4. The van der Waals surface area contributed by atoms with Crippen molar-refractivity contribution >= 4 is 34.3 Å². The molecule has 0 amide bonds. The van der Waals surface area contributed by atoms with Crippen LogP contribution in [-0.2, 0) is 12.8 Å². The fourth-order valence-electron chi connectivity index (χ4n) is 1.52. The molecule has 16 heavy (non-hydrogen) atoms. The number of hydrogen-bond donors (Lipinski definition) is 1. The molecule has 2 heterocycles. The number of hydrogen-bond acceptors (Lipinski definition) is 3. The Balaban J connectivity index is 2.04. The van der Waals surface area contributed by atoms with Crippen molar-refractivity contribution < 1.29 is 5.11 Å². The van der Waals surface area contributed by atoms with Gasteiger partial charge < -0.3 is 5.11 Å². The summed E-state index contributed by atoms with van der Waals surface area (Å²) in [7, 11) is 0. The quantitative estimate of drug-likeness (QED) is 0.880. The summed E-state index contributed by atoms with van der Waals surface area (Å²) in [5.74, 6) is 0. The molecule has 0 radical (unpaired) electrons. The van der Waals surface area contributed by atoms with Gasteiger partial charge in [0.05, 0.1) is 10.4 Å². The molecule has 0 aliphatic carbocycles. The SMILES string of the molecule is CCc1ccc(CC(O)c2ccc(Cl)s2)s1. The number of thiophene rings is 2. The molecule has 0 saturated carbocycles. The molecule has 0 saturated heterocycles. The Labute approximate surface area is 108 Å². The molecule has 2 aromatic rings.